The summed E-state index contributed by atoms with van der Waals surface area (Å²) in [5.41, 5.74) is 5.76. The molecule has 1 fully saturated rings. The highest BCUT2D eigenvalue weighted by Gasteiger charge is 2.20. The van der Waals surface area contributed by atoms with Gasteiger partial charge in [-0.3, -0.25) is 4.98 Å². The van der Waals surface area contributed by atoms with Crippen LogP contribution in [0.2, 0.25) is 0 Å². The monoisotopic (exact) mass is 450 g/mol. The summed E-state index contributed by atoms with van der Waals surface area (Å²) in [6, 6.07) is 20.1. The minimum absolute atomic E-state index is 0.642. The predicted octanol–water partition coefficient (Wildman–Crippen LogP) is 5.47. The second kappa shape index (κ2) is 9.06. The predicted molar refractivity (Wildman–Crippen MR) is 136 cm³/mol. The zero-order valence-corrected chi connectivity index (χ0v) is 19.8. The molecule has 4 aromatic rings. The first-order valence-electron chi connectivity index (χ1n) is 12.0. The van der Waals surface area contributed by atoms with E-state index < -0.39 is 5.60 Å². The lowest BCUT2D eigenvalue weighted by atomic mass is 9.93. The Morgan fingerprint density at radius 3 is 2.35 bits per heavy atom. The van der Waals surface area contributed by atoms with E-state index in [1.54, 1.807) is 13.8 Å². The Morgan fingerprint density at radius 2 is 1.71 bits per heavy atom. The van der Waals surface area contributed by atoms with Gasteiger partial charge in [0.15, 0.2) is 0 Å². The molecule has 0 aliphatic carbocycles. The SMILES string of the molecule is CC(C)(O)c1ccc(-c2ncc3c(ccn3CC3CCNCC3)c2-c2ccc(C#N)cc2)cc1. The Labute approximate surface area is 200 Å². The van der Waals surface area contributed by atoms with Gasteiger partial charge in [-0.05, 0) is 75.0 Å². The topological polar surface area (TPSA) is 73.9 Å². The molecule has 0 atom stereocenters. The minimum atomic E-state index is -0.891. The van der Waals surface area contributed by atoms with Gasteiger partial charge in [0.25, 0.3) is 0 Å². The van der Waals surface area contributed by atoms with Crippen LogP contribution in [0.5, 0.6) is 0 Å². The Balaban J connectivity index is 1.63. The van der Waals surface area contributed by atoms with Crippen molar-refractivity contribution < 1.29 is 5.11 Å². The number of hydrogen-bond acceptors (Lipinski definition) is 4. The van der Waals surface area contributed by atoms with Crippen molar-refractivity contribution in [1.82, 2.24) is 14.9 Å². The molecule has 5 rings (SSSR count). The number of nitriles is 1. The summed E-state index contributed by atoms with van der Waals surface area (Å²) in [6.07, 6.45) is 6.56. The van der Waals surface area contributed by atoms with Gasteiger partial charge in [-0.15, -0.1) is 0 Å². The van der Waals surface area contributed by atoms with Crippen molar-refractivity contribution in [3.63, 3.8) is 0 Å². The van der Waals surface area contributed by atoms with Gasteiger partial charge in [0.1, 0.15) is 0 Å². The summed E-state index contributed by atoms with van der Waals surface area (Å²) in [5.74, 6) is 0.671. The number of nitrogens with zero attached hydrogens (tertiary/aromatic N) is 3. The summed E-state index contributed by atoms with van der Waals surface area (Å²) in [5, 5.41) is 24.2. The van der Waals surface area contributed by atoms with Crippen LogP contribution in [0.1, 0.15) is 37.8 Å². The highest BCUT2D eigenvalue weighted by Crippen LogP contribution is 2.38. The van der Waals surface area contributed by atoms with Gasteiger partial charge in [0, 0.05) is 29.3 Å². The summed E-state index contributed by atoms with van der Waals surface area (Å²) in [7, 11) is 0. The molecule has 1 aliphatic heterocycles. The van der Waals surface area contributed by atoms with Crippen molar-refractivity contribution in [1.29, 1.82) is 5.26 Å². The minimum Gasteiger partial charge on any atom is -0.386 e. The Bertz CT molecular complexity index is 1330. The number of aromatic nitrogens is 2. The van der Waals surface area contributed by atoms with Crippen LogP contribution in [0.3, 0.4) is 0 Å². The maximum atomic E-state index is 10.4. The maximum Gasteiger partial charge on any atom is 0.0991 e. The van der Waals surface area contributed by atoms with Crippen LogP contribution in [0, 0.1) is 17.2 Å². The molecule has 2 aromatic heterocycles. The first-order valence-corrected chi connectivity index (χ1v) is 12.0. The number of fused-ring (bicyclic) bond motifs is 1. The molecule has 5 heteroatoms. The van der Waals surface area contributed by atoms with Gasteiger partial charge < -0.3 is 15.0 Å². The van der Waals surface area contributed by atoms with Gasteiger partial charge in [-0.25, -0.2) is 0 Å². The fraction of sp³-hybridized carbons (Fsp3) is 0.310. The van der Waals surface area contributed by atoms with E-state index in [2.05, 4.69) is 28.2 Å². The van der Waals surface area contributed by atoms with Gasteiger partial charge in [0.2, 0.25) is 0 Å². The number of rotatable bonds is 5. The third kappa shape index (κ3) is 4.35. The summed E-state index contributed by atoms with van der Waals surface area (Å²) < 4.78 is 2.34. The average molecular weight is 451 g/mol. The number of nitrogens with one attached hydrogen (secondary N) is 1. The molecule has 3 heterocycles. The highest BCUT2D eigenvalue weighted by atomic mass is 16.3. The number of aliphatic hydroxyl groups is 1. The molecule has 5 nitrogen and oxygen atoms in total. The first kappa shape index (κ1) is 22.3. The van der Waals surface area contributed by atoms with Crippen molar-refractivity contribution in [3.8, 4) is 28.5 Å². The van der Waals surface area contributed by atoms with Crippen LogP contribution in [0.4, 0.5) is 0 Å². The molecule has 34 heavy (non-hydrogen) atoms. The molecule has 2 aromatic carbocycles. The fourth-order valence-corrected chi connectivity index (χ4v) is 4.92. The second-order valence-corrected chi connectivity index (χ2v) is 9.77. The molecule has 0 amide bonds. The summed E-state index contributed by atoms with van der Waals surface area (Å²) >= 11 is 0. The fourth-order valence-electron chi connectivity index (χ4n) is 4.92. The Kier molecular flexibility index (Phi) is 5.95. The molecule has 0 spiro atoms. The Hall–Kier alpha value is -3.46. The van der Waals surface area contributed by atoms with Crippen LogP contribution in [0.15, 0.2) is 67.0 Å². The second-order valence-electron chi connectivity index (χ2n) is 9.77. The molecule has 0 radical (unpaired) electrons. The van der Waals surface area contributed by atoms with E-state index in [4.69, 9.17) is 4.98 Å². The zero-order chi connectivity index (χ0) is 23.7. The van der Waals surface area contributed by atoms with Crippen LogP contribution >= 0.6 is 0 Å². The number of benzene rings is 2. The van der Waals surface area contributed by atoms with E-state index in [-0.39, 0.29) is 0 Å². The smallest absolute Gasteiger partial charge is 0.0991 e. The molecular formula is C29H30N4O. The number of pyridine rings is 1. The van der Waals surface area contributed by atoms with Gasteiger partial charge in [0.05, 0.1) is 34.6 Å². The third-order valence-electron chi connectivity index (χ3n) is 6.91. The lowest BCUT2D eigenvalue weighted by Crippen LogP contribution is -2.29. The maximum absolute atomic E-state index is 10.4. The average Bonchev–Trinajstić information content (AvgIpc) is 3.26. The lowest BCUT2D eigenvalue weighted by molar-refractivity contribution is 0.0786. The van der Waals surface area contributed by atoms with E-state index in [9.17, 15) is 10.4 Å². The van der Waals surface area contributed by atoms with Crippen LogP contribution in [0.25, 0.3) is 33.3 Å². The van der Waals surface area contributed by atoms with Crippen LogP contribution in [-0.2, 0) is 12.1 Å². The van der Waals surface area contributed by atoms with Crippen molar-refractivity contribution in [2.45, 2.75) is 38.8 Å². The highest BCUT2D eigenvalue weighted by molar-refractivity contribution is 6.01. The first-order chi connectivity index (χ1) is 16.4. The molecule has 172 valence electrons. The summed E-state index contributed by atoms with van der Waals surface area (Å²) in [4.78, 5) is 4.95. The lowest BCUT2D eigenvalue weighted by Gasteiger charge is -2.23. The van der Waals surface area contributed by atoms with Gasteiger partial charge in [-0.2, -0.15) is 5.26 Å². The molecule has 1 saturated heterocycles. The largest absolute Gasteiger partial charge is 0.386 e. The molecule has 0 unspecified atom stereocenters. The van der Waals surface area contributed by atoms with Gasteiger partial charge >= 0.3 is 0 Å². The van der Waals surface area contributed by atoms with E-state index in [0.29, 0.717) is 11.5 Å². The van der Waals surface area contributed by atoms with Crippen molar-refractivity contribution >= 4 is 10.9 Å². The van der Waals surface area contributed by atoms with Crippen molar-refractivity contribution in [3.05, 3.63) is 78.1 Å². The van der Waals surface area contributed by atoms with Crippen LogP contribution in [-0.4, -0.2) is 27.7 Å². The van der Waals surface area contributed by atoms with Crippen molar-refractivity contribution in [2.24, 2.45) is 5.92 Å². The normalized spacial score (nSPS) is 14.9. The molecule has 2 N–H and O–H groups in total. The molecular weight excluding hydrogens is 420 g/mol. The van der Waals surface area contributed by atoms with E-state index >= 15 is 0 Å². The standard InChI is InChI=1S/C29H30N4O/c1-29(2,34)24-9-7-23(8-10-24)28-27(22-5-3-20(17-30)4-6-22)25-13-16-33(26(25)18-32-28)19-21-11-14-31-15-12-21/h3-10,13,16,18,21,31,34H,11-12,14-15,19H2,1-2H3. The third-order valence-corrected chi connectivity index (χ3v) is 6.91. The zero-order valence-electron chi connectivity index (χ0n) is 19.8. The quantitative estimate of drug-likeness (QED) is 0.423. The van der Waals surface area contributed by atoms with E-state index in [1.807, 2.05) is 54.7 Å². The van der Waals surface area contributed by atoms with Crippen LogP contribution < -0.4 is 5.32 Å². The molecule has 0 bridgehead atoms. The summed E-state index contributed by atoms with van der Waals surface area (Å²) in [6.45, 7) is 6.76. The number of hydrogen-bond donors (Lipinski definition) is 2. The van der Waals surface area contributed by atoms with E-state index in [0.717, 1.165) is 58.5 Å². The molecule has 0 saturated carbocycles. The number of piperidine rings is 1. The Morgan fingerprint density at radius 1 is 1.03 bits per heavy atom. The molecule has 1 aliphatic rings. The van der Waals surface area contributed by atoms with E-state index in [1.165, 1.54) is 12.8 Å². The van der Waals surface area contributed by atoms with Crippen molar-refractivity contribution in [2.75, 3.05) is 13.1 Å². The van der Waals surface area contributed by atoms with Gasteiger partial charge in [-0.1, -0.05) is 36.4 Å².